The van der Waals surface area contributed by atoms with Gasteiger partial charge in [-0.05, 0) is 27.5 Å². The SMILES string of the molecule is C[Si](C)(C)C#CC1=C(c2ccccc2)C(c2ccccc2)=C(C#C[Si](C)(C)C)[Si]1(C)c1ccccc1. The Morgan fingerprint density at radius 1 is 0.500 bits per heavy atom. The van der Waals surface area contributed by atoms with Gasteiger partial charge in [-0.15, -0.1) is 11.1 Å². The van der Waals surface area contributed by atoms with Crippen LogP contribution in [0.1, 0.15) is 11.1 Å². The number of hydrogen-bond acceptors (Lipinski definition) is 0. The van der Waals surface area contributed by atoms with Crippen molar-refractivity contribution < 1.29 is 0 Å². The predicted molar refractivity (Wildman–Crippen MR) is 167 cm³/mol. The Morgan fingerprint density at radius 2 is 0.833 bits per heavy atom. The fraction of sp³-hybridized carbons (Fsp3) is 0.212. The van der Waals surface area contributed by atoms with Crippen molar-refractivity contribution in [1.82, 2.24) is 0 Å². The first-order chi connectivity index (χ1) is 17.0. The van der Waals surface area contributed by atoms with Crippen LogP contribution in [0.5, 0.6) is 0 Å². The average Bonchev–Trinajstić information content (AvgIpc) is 3.11. The second-order valence-electron chi connectivity index (χ2n) is 11.7. The molecule has 0 bridgehead atoms. The fourth-order valence-electron chi connectivity index (χ4n) is 4.60. The van der Waals surface area contributed by atoms with E-state index >= 15 is 0 Å². The Morgan fingerprint density at radius 3 is 1.17 bits per heavy atom. The lowest BCUT2D eigenvalue weighted by molar-refractivity contribution is 1.58. The summed E-state index contributed by atoms with van der Waals surface area (Å²) in [6.07, 6.45) is 0. The predicted octanol–water partition coefficient (Wildman–Crippen LogP) is 7.73. The van der Waals surface area contributed by atoms with E-state index in [9.17, 15) is 0 Å². The van der Waals surface area contributed by atoms with Gasteiger partial charge in [-0.25, -0.2) is 0 Å². The molecule has 36 heavy (non-hydrogen) atoms. The Balaban J connectivity index is 2.21. The van der Waals surface area contributed by atoms with Crippen LogP contribution in [0.15, 0.2) is 101 Å². The van der Waals surface area contributed by atoms with Gasteiger partial charge in [0.1, 0.15) is 16.1 Å². The minimum Gasteiger partial charge on any atom is -0.127 e. The summed E-state index contributed by atoms with van der Waals surface area (Å²) < 4.78 is 0. The lowest BCUT2D eigenvalue weighted by Gasteiger charge is -2.26. The summed E-state index contributed by atoms with van der Waals surface area (Å²) in [5, 5.41) is 3.99. The van der Waals surface area contributed by atoms with E-state index in [0.29, 0.717) is 0 Å². The summed E-state index contributed by atoms with van der Waals surface area (Å²) in [5.74, 6) is 7.68. The molecule has 180 valence electrons. The average molecular weight is 517 g/mol. The standard InChI is InChI=1S/C33H36Si3/c1-34(2,3)25-23-30-32(27-17-11-8-12-18-27)33(28-19-13-9-14-20-28)31(24-26-35(4,5)6)36(30,7)29-21-15-10-16-22-29/h8-22H,1-7H3. The van der Waals surface area contributed by atoms with Crippen LogP contribution in [0, 0.1) is 22.9 Å². The summed E-state index contributed by atoms with van der Waals surface area (Å²) in [5.41, 5.74) is 12.5. The monoisotopic (exact) mass is 516 g/mol. The molecule has 0 unspecified atom stereocenters. The smallest absolute Gasteiger partial charge is 0.127 e. The van der Waals surface area contributed by atoms with Gasteiger partial charge in [0.05, 0.1) is 0 Å². The minimum absolute atomic E-state index is 1.23. The van der Waals surface area contributed by atoms with Crippen molar-refractivity contribution in [3.05, 3.63) is 113 Å². The first-order valence-corrected chi connectivity index (χ1v) is 22.2. The van der Waals surface area contributed by atoms with Crippen molar-refractivity contribution in [2.24, 2.45) is 0 Å². The van der Waals surface area contributed by atoms with Crippen LogP contribution in [0.25, 0.3) is 11.1 Å². The molecule has 0 amide bonds. The maximum absolute atomic E-state index is 3.84. The largest absolute Gasteiger partial charge is 0.167 e. The number of rotatable bonds is 3. The summed E-state index contributed by atoms with van der Waals surface area (Å²) in [7, 11) is -5.68. The van der Waals surface area contributed by atoms with Crippen LogP contribution in [0.4, 0.5) is 0 Å². The maximum Gasteiger partial charge on any atom is 0.167 e. The second kappa shape index (κ2) is 10.1. The number of hydrogen-bond donors (Lipinski definition) is 0. The highest BCUT2D eigenvalue weighted by Gasteiger charge is 2.47. The van der Waals surface area contributed by atoms with Gasteiger partial charge in [-0.1, -0.05) is 149 Å². The summed E-state index contributed by atoms with van der Waals surface area (Å²) in [6.45, 7) is 16.5. The van der Waals surface area contributed by atoms with Gasteiger partial charge in [-0.2, -0.15) is 0 Å². The van der Waals surface area contributed by atoms with Crippen molar-refractivity contribution >= 4 is 40.6 Å². The van der Waals surface area contributed by atoms with Gasteiger partial charge in [0.25, 0.3) is 0 Å². The molecule has 3 aromatic carbocycles. The fourth-order valence-corrected chi connectivity index (χ4v) is 9.70. The molecule has 4 rings (SSSR count). The minimum atomic E-state index is -2.46. The van der Waals surface area contributed by atoms with Gasteiger partial charge in [0, 0.05) is 10.4 Å². The van der Waals surface area contributed by atoms with E-state index in [4.69, 9.17) is 0 Å². The van der Waals surface area contributed by atoms with Crippen molar-refractivity contribution in [3.8, 4) is 22.9 Å². The molecule has 0 radical (unpaired) electrons. The zero-order valence-electron chi connectivity index (χ0n) is 22.7. The molecule has 0 fully saturated rings. The second-order valence-corrected chi connectivity index (χ2v) is 25.1. The lowest BCUT2D eigenvalue weighted by Crippen LogP contribution is -2.47. The van der Waals surface area contributed by atoms with E-state index in [1.54, 1.807) is 0 Å². The van der Waals surface area contributed by atoms with Gasteiger partial charge in [-0.3, -0.25) is 0 Å². The first-order valence-electron chi connectivity index (χ1n) is 12.7. The van der Waals surface area contributed by atoms with E-state index < -0.39 is 24.2 Å². The highest BCUT2D eigenvalue weighted by Crippen LogP contribution is 2.48. The van der Waals surface area contributed by atoms with Crippen LogP contribution in [0.3, 0.4) is 0 Å². The van der Waals surface area contributed by atoms with Crippen molar-refractivity contribution in [2.75, 3.05) is 0 Å². The Bertz CT molecular complexity index is 1330. The molecule has 3 aromatic rings. The van der Waals surface area contributed by atoms with Gasteiger partial charge >= 0.3 is 0 Å². The molecule has 0 atom stereocenters. The third-order valence-corrected chi connectivity index (χ3v) is 12.3. The molecule has 0 spiro atoms. The third kappa shape index (κ3) is 5.50. The molecule has 0 saturated heterocycles. The zero-order chi connectivity index (χ0) is 26.0. The molecular formula is C33H36Si3. The molecular weight excluding hydrogens is 481 g/mol. The molecule has 3 heteroatoms. The highest BCUT2D eigenvalue weighted by atomic mass is 28.3. The number of benzene rings is 3. The van der Waals surface area contributed by atoms with Gasteiger partial charge < -0.3 is 0 Å². The van der Waals surface area contributed by atoms with Crippen molar-refractivity contribution in [2.45, 2.75) is 45.8 Å². The van der Waals surface area contributed by atoms with Crippen LogP contribution < -0.4 is 5.19 Å². The Kier molecular flexibility index (Phi) is 7.30. The molecule has 1 aliphatic heterocycles. The van der Waals surface area contributed by atoms with E-state index in [-0.39, 0.29) is 0 Å². The van der Waals surface area contributed by atoms with E-state index in [1.165, 1.54) is 37.9 Å². The van der Waals surface area contributed by atoms with Crippen LogP contribution in [-0.4, -0.2) is 24.2 Å². The van der Waals surface area contributed by atoms with Crippen molar-refractivity contribution in [1.29, 1.82) is 0 Å². The Hall–Kier alpha value is -3.09. The van der Waals surface area contributed by atoms with Gasteiger partial charge in [0.2, 0.25) is 0 Å². The molecule has 1 heterocycles. The summed E-state index contributed by atoms with van der Waals surface area (Å²) in [4.78, 5) is 0. The summed E-state index contributed by atoms with van der Waals surface area (Å²) in [6, 6.07) is 32.8. The molecule has 1 aliphatic rings. The zero-order valence-corrected chi connectivity index (χ0v) is 25.7. The molecule has 0 nitrogen and oxygen atoms in total. The van der Waals surface area contributed by atoms with Crippen molar-refractivity contribution in [3.63, 3.8) is 0 Å². The molecule has 0 saturated carbocycles. The molecule has 0 aliphatic carbocycles. The van der Waals surface area contributed by atoms with E-state index in [0.717, 1.165) is 0 Å². The topological polar surface area (TPSA) is 0 Å². The Labute approximate surface area is 221 Å². The van der Waals surface area contributed by atoms with E-state index in [1.807, 2.05) is 0 Å². The lowest BCUT2D eigenvalue weighted by atomic mass is 9.92. The van der Waals surface area contributed by atoms with Crippen LogP contribution >= 0.6 is 0 Å². The maximum atomic E-state index is 3.84. The number of allylic oxidation sites excluding steroid dienone is 4. The van der Waals surface area contributed by atoms with Crippen LogP contribution in [-0.2, 0) is 0 Å². The summed E-state index contributed by atoms with van der Waals surface area (Å²) >= 11 is 0. The highest BCUT2D eigenvalue weighted by molar-refractivity contribution is 7.07. The third-order valence-electron chi connectivity index (χ3n) is 6.35. The quantitative estimate of drug-likeness (QED) is 0.247. The van der Waals surface area contributed by atoms with Crippen LogP contribution in [0.2, 0.25) is 45.8 Å². The van der Waals surface area contributed by atoms with E-state index in [2.05, 4.69) is 160 Å². The van der Waals surface area contributed by atoms with Gasteiger partial charge in [0.15, 0.2) is 8.07 Å². The molecule has 0 aromatic heterocycles. The first kappa shape index (κ1) is 26.0. The normalized spacial score (nSPS) is 15.2. The molecule has 0 N–H and O–H groups in total.